The highest BCUT2D eigenvalue weighted by Crippen LogP contribution is 2.29. The van der Waals surface area contributed by atoms with Gasteiger partial charge in [0.15, 0.2) is 0 Å². The van der Waals surface area contributed by atoms with Crippen molar-refractivity contribution in [2.24, 2.45) is 5.73 Å². The predicted molar refractivity (Wildman–Crippen MR) is 95.8 cm³/mol. The first-order valence-electron chi connectivity index (χ1n) is 7.52. The molecule has 23 heavy (non-hydrogen) atoms. The fraction of sp³-hybridized carbons (Fsp3) is 0.278. The van der Waals surface area contributed by atoms with Gasteiger partial charge in [-0.2, -0.15) is 0 Å². The van der Waals surface area contributed by atoms with Crippen LogP contribution in [0, 0.1) is 0 Å². The summed E-state index contributed by atoms with van der Waals surface area (Å²) < 4.78 is 0. The molecule has 0 saturated heterocycles. The Morgan fingerprint density at radius 2 is 1.78 bits per heavy atom. The molecule has 3 nitrogen and oxygen atoms in total. The number of carbonyl (C=O) groups excluding carboxylic acids is 1. The van der Waals surface area contributed by atoms with Gasteiger partial charge in [-0.3, -0.25) is 4.79 Å². The van der Waals surface area contributed by atoms with E-state index in [1.54, 1.807) is 12.1 Å². The summed E-state index contributed by atoms with van der Waals surface area (Å²) in [5, 5.41) is 4.01. The van der Waals surface area contributed by atoms with Crippen molar-refractivity contribution in [3.05, 3.63) is 69.7 Å². The lowest BCUT2D eigenvalue weighted by molar-refractivity contribution is -0.121. The molecule has 5 heteroatoms. The lowest BCUT2D eigenvalue weighted by atomic mass is 9.98. The molecule has 2 atom stereocenters. The van der Waals surface area contributed by atoms with E-state index < -0.39 is 0 Å². The van der Waals surface area contributed by atoms with Gasteiger partial charge in [-0.1, -0.05) is 59.6 Å². The quantitative estimate of drug-likeness (QED) is 0.814. The van der Waals surface area contributed by atoms with Crippen LogP contribution in [0.2, 0.25) is 10.0 Å². The molecule has 0 saturated carbocycles. The molecule has 0 aliphatic heterocycles. The van der Waals surface area contributed by atoms with E-state index >= 15 is 0 Å². The molecule has 122 valence electrons. The summed E-state index contributed by atoms with van der Waals surface area (Å²) in [6, 6.07) is 14.9. The van der Waals surface area contributed by atoms with Crippen molar-refractivity contribution in [1.29, 1.82) is 0 Å². The first-order chi connectivity index (χ1) is 11.0. The Morgan fingerprint density at radius 1 is 1.09 bits per heavy atom. The van der Waals surface area contributed by atoms with Crippen LogP contribution in [0.25, 0.3) is 0 Å². The minimum absolute atomic E-state index is 0.000835. The highest BCUT2D eigenvalue weighted by molar-refractivity contribution is 6.42. The second-order valence-electron chi connectivity index (χ2n) is 5.60. The third-order valence-electron chi connectivity index (χ3n) is 3.54. The van der Waals surface area contributed by atoms with Crippen LogP contribution in [0.15, 0.2) is 48.5 Å². The second kappa shape index (κ2) is 8.34. The van der Waals surface area contributed by atoms with E-state index in [1.807, 2.05) is 43.3 Å². The molecule has 2 aromatic carbocycles. The number of nitrogens with two attached hydrogens (primary N) is 1. The van der Waals surface area contributed by atoms with Crippen LogP contribution in [0.5, 0.6) is 0 Å². The topological polar surface area (TPSA) is 55.1 Å². The van der Waals surface area contributed by atoms with Gasteiger partial charge in [-0.05, 0) is 36.6 Å². The summed E-state index contributed by atoms with van der Waals surface area (Å²) in [5.41, 5.74) is 7.59. The molecular weight excluding hydrogens is 331 g/mol. The largest absolute Gasteiger partial charge is 0.345 e. The van der Waals surface area contributed by atoms with E-state index in [-0.39, 0.29) is 18.0 Å². The fourth-order valence-corrected chi connectivity index (χ4v) is 2.59. The first-order valence-corrected chi connectivity index (χ1v) is 8.28. The molecule has 0 spiro atoms. The highest BCUT2D eigenvalue weighted by Gasteiger charge is 2.17. The van der Waals surface area contributed by atoms with Crippen LogP contribution in [0.4, 0.5) is 0 Å². The van der Waals surface area contributed by atoms with Crippen molar-refractivity contribution < 1.29 is 4.79 Å². The van der Waals surface area contributed by atoms with E-state index in [9.17, 15) is 4.79 Å². The summed E-state index contributed by atoms with van der Waals surface area (Å²) >= 11 is 12.1. The summed E-state index contributed by atoms with van der Waals surface area (Å²) in [7, 11) is 0. The van der Waals surface area contributed by atoms with Gasteiger partial charge >= 0.3 is 0 Å². The Hall–Kier alpha value is -1.55. The predicted octanol–water partition coefficient (Wildman–Crippen LogP) is 4.33. The number of hydrogen-bond acceptors (Lipinski definition) is 2. The molecule has 3 N–H and O–H groups in total. The van der Waals surface area contributed by atoms with Crippen molar-refractivity contribution in [1.82, 2.24) is 5.32 Å². The third-order valence-corrected chi connectivity index (χ3v) is 4.28. The maximum atomic E-state index is 12.2. The molecule has 2 unspecified atom stereocenters. The molecule has 0 heterocycles. The SMILES string of the molecule is CC(N)CCC(=O)NC(c1ccccc1)c1ccc(Cl)c(Cl)c1. The summed E-state index contributed by atoms with van der Waals surface area (Å²) in [6.45, 7) is 1.89. The van der Waals surface area contributed by atoms with Crippen LogP contribution in [-0.2, 0) is 4.79 Å². The molecule has 0 fully saturated rings. The van der Waals surface area contributed by atoms with Crippen LogP contribution in [-0.4, -0.2) is 11.9 Å². The monoisotopic (exact) mass is 350 g/mol. The fourth-order valence-electron chi connectivity index (χ4n) is 2.29. The standard InChI is InChI=1S/C18H20Cl2N2O/c1-12(21)7-10-17(23)22-18(13-5-3-2-4-6-13)14-8-9-15(19)16(20)11-14/h2-6,8-9,11-12,18H,7,10,21H2,1H3,(H,22,23). The average molecular weight is 351 g/mol. The van der Waals surface area contributed by atoms with Gasteiger partial charge in [-0.25, -0.2) is 0 Å². The van der Waals surface area contributed by atoms with Gasteiger partial charge in [0.25, 0.3) is 0 Å². The van der Waals surface area contributed by atoms with Crippen molar-refractivity contribution in [2.75, 3.05) is 0 Å². The molecule has 0 bridgehead atoms. The van der Waals surface area contributed by atoms with Gasteiger partial charge in [0.05, 0.1) is 16.1 Å². The van der Waals surface area contributed by atoms with Crippen LogP contribution < -0.4 is 11.1 Å². The Bertz CT molecular complexity index is 659. The Kier molecular flexibility index (Phi) is 6.46. The Labute approximate surface area is 146 Å². The van der Waals surface area contributed by atoms with Crippen LogP contribution in [0.3, 0.4) is 0 Å². The van der Waals surface area contributed by atoms with Crippen molar-refractivity contribution in [3.8, 4) is 0 Å². The minimum Gasteiger partial charge on any atom is -0.345 e. The smallest absolute Gasteiger partial charge is 0.220 e. The second-order valence-corrected chi connectivity index (χ2v) is 6.42. The van der Waals surface area contributed by atoms with Gasteiger partial charge in [-0.15, -0.1) is 0 Å². The van der Waals surface area contributed by atoms with Crippen LogP contribution in [0.1, 0.15) is 36.9 Å². The van der Waals surface area contributed by atoms with Gasteiger partial charge in [0, 0.05) is 12.5 Å². The number of amides is 1. The van der Waals surface area contributed by atoms with E-state index in [4.69, 9.17) is 28.9 Å². The van der Waals surface area contributed by atoms with E-state index in [1.165, 1.54) is 0 Å². The Morgan fingerprint density at radius 3 is 2.39 bits per heavy atom. The average Bonchev–Trinajstić information content (AvgIpc) is 2.54. The molecule has 2 aromatic rings. The Balaban J connectivity index is 2.25. The first kappa shape index (κ1) is 17.8. The number of hydrogen-bond donors (Lipinski definition) is 2. The zero-order valence-corrected chi connectivity index (χ0v) is 14.4. The van der Waals surface area contributed by atoms with Crippen LogP contribution >= 0.6 is 23.2 Å². The van der Waals surface area contributed by atoms with E-state index in [2.05, 4.69) is 5.32 Å². The number of halogens is 2. The zero-order valence-electron chi connectivity index (χ0n) is 12.9. The third kappa shape index (κ3) is 5.24. The summed E-state index contributed by atoms with van der Waals surface area (Å²) in [5.74, 6) is -0.0396. The lowest BCUT2D eigenvalue weighted by Crippen LogP contribution is -2.30. The van der Waals surface area contributed by atoms with Crippen molar-refractivity contribution >= 4 is 29.1 Å². The summed E-state index contributed by atoms with van der Waals surface area (Å²) in [6.07, 6.45) is 1.04. The van der Waals surface area contributed by atoms with Gasteiger partial charge in [0.2, 0.25) is 5.91 Å². The van der Waals surface area contributed by atoms with E-state index in [0.29, 0.717) is 22.9 Å². The molecular formula is C18H20Cl2N2O. The molecule has 0 aliphatic rings. The molecule has 0 aliphatic carbocycles. The zero-order chi connectivity index (χ0) is 16.8. The normalized spacial score (nSPS) is 13.4. The minimum atomic E-state index is -0.272. The summed E-state index contributed by atoms with van der Waals surface area (Å²) in [4.78, 5) is 12.2. The number of carbonyl (C=O) groups is 1. The molecule has 2 rings (SSSR count). The number of nitrogens with one attached hydrogen (secondary N) is 1. The molecule has 1 amide bonds. The maximum Gasteiger partial charge on any atom is 0.220 e. The van der Waals surface area contributed by atoms with Gasteiger partial charge < -0.3 is 11.1 Å². The lowest BCUT2D eigenvalue weighted by Gasteiger charge is -2.20. The number of benzene rings is 2. The molecule has 0 aromatic heterocycles. The van der Waals surface area contributed by atoms with E-state index in [0.717, 1.165) is 11.1 Å². The molecule has 0 radical (unpaired) electrons. The van der Waals surface area contributed by atoms with Crippen molar-refractivity contribution in [3.63, 3.8) is 0 Å². The number of rotatable bonds is 6. The van der Waals surface area contributed by atoms with Crippen molar-refractivity contribution in [2.45, 2.75) is 31.8 Å². The highest BCUT2D eigenvalue weighted by atomic mass is 35.5. The van der Waals surface area contributed by atoms with Gasteiger partial charge in [0.1, 0.15) is 0 Å². The maximum absolute atomic E-state index is 12.2.